The summed E-state index contributed by atoms with van der Waals surface area (Å²) in [7, 11) is 3.03. The average molecular weight is 291 g/mol. The van der Waals surface area contributed by atoms with E-state index in [1.165, 1.54) is 7.11 Å². The summed E-state index contributed by atoms with van der Waals surface area (Å²) in [6, 6.07) is 7.38. The highest BCUT2D eigenvalue weighted by atomic mass is 16.5. The molecule has 114 valence electrons. The molecule has 0 bridgehead atoms. The number of likely N-dealkylation sites (tertiary alicyclic amines) is 1. The van der Waals surface area contributed by atoms with Crippen LogP contribution in [0.1, 0.15) is 28.8 Å². The topological polar surface area (TPSA) is 55.8 Å². The van der Waals surface area contributed by atoms with Gasteiger partial charge in [0.05, 0.1) is 19.6 Å². The van der Waals surface area contributed by atoms with E-state index in [4.69, 9.17) is 9.47 Å². The number of rotatable bonds is 4. The number of ether oxygens (including phenoxy) is 2. The van der Waals surface area contributed by atoms with E-state index in [9.17, 15) is 9.59 Å². The molecule has 5 heteroatoms. The van der Waals surface area contributed by atoms with Crippen molar-refractivity contribution in [3.05, 3.63) is 35.4 Å². The lowest BCUT2D eigenvalue weighted by atomic mass is 9.97. The van der Waals surface area contributed by atoms with E-state index < -0.39 is 0 Å². The second kappa shape index (κ2) is 7.22. The number of benzene rings is 1. The van der Waals surface area contributed by atoms with Gasteiger partial charge in [-0.1, -0.05) is 12.1 Å². The van der Waals surface area contributed by atoms with Crippen molar-refractivity contribution in [3.63, 3.8) is 0 Å². The van der Waals surface area contributed by atoms with Gasteiger partial charge < -0.3 is 14.4 Å². The van der Waals surface area contributed by atoms with E-state index in [-0.39, 0.29) is 17.8 Å². The lowest BCUT2D eigenvalue weighted by Gasteiger charge is -2.31. The fraction of sp³-hybridized carbons (Fsp3) is 0.500. The fourth-order valence-electron chi connectivity index (χ4n) is 2.61. The minimum absolute atomic E-state index is 0.0347. The summed E-state index contributed by atoms with van der Waals surface area (Å²) >= 11 is 0. The Kier molecular flexibility index (Phi) is 5.33. The Morgan fingerprint density at radius 2 is 1.95 bits per heavy atom. The van der Waals surface area contributed by atoms with E-state index in [2.05, 4.69) is 0 Å². The maximum absolute atomic E-state index is 12.5. The molecule has 0 unspecified atom stereocenters. The molecule has 1 atom stereocenters. The number of esters is 1. The molecule has 1 aromatic carbocycles. The van der Waals surface area contributed by atoms with Gasteiger partial charge in [-0.15, -0.1) is 0 Å². The van der Waals surface area contributed by atoms with Crippen LogP contribution in [0.3, 0.4) is 0 Å². The molecule has 2 rings (SSSR count). The number of carbonyl (C=O) groups excluding carboxylic acids is 2. The number of carbonyl (C=O) groups is 2. The van der Waals surface area contributed by atoms with E-state index in [1.54, 1.807) is 24.1 Å². The Bertz CT molecular complexity index is 498. The molecule has 0 saturated carbocycles. The van der Waals surface area contributed by atoms with Gasteiger partial charge in [-0.3, -0.25) is 9.59 Å². The zero-order valence-corrected chi connectivity index (χ0v) is 12.5. The highest BCUT2D eigenvalue weighted by Gasteiger charge is 2.29. The first-order valence-corrected chi connectivity index (χ1v) is 7.10. The van der Waals surface area contributed by atoms with Crippen molar-refractivity contribution in [2.24, 2.45) is 5.92 Å². The summed E-state index contributed by atoms with van der Waals surface area (Å²) in [5.41, 5.74) is 1.67. The first-order valence-electron chi connectivity index (χ1n) is 7.10. The number of nitrogens with zero attached hydrogens (tertiary/aromatic N) is 1. The smallest absolute Gasteiger partial charge is 0.310 e. The quantitative estimate of drug-likeness (QED) is 0.795. The highest BCUT2D eigenvalue weighted by Crippen LogP contribution is 2.20. The van der Waals surface area contributed by atoms with Crippen molar-refractivity contribution in [2.75, 3.05) is 27.3 Å². The van der Waals surface area contributed by atoms with Crippen LogP contribution in [0, 0.1) is 5.92 Å². The molecule has 5 nitrogen and oxygen atoms in total. The number of hydrogen-bond acceptors (Lipinski definition) is 4. The van der Waals surface area contributed by atoms with Gasteiger partial charge >= 0.3 is 5.97 Å². The number of amides is 1. The van der Waals surface area contributed by atoms with Crippen molar-refractivity contribution in [2.45, 2.75) is 19.4 Å². The lowest BCUT2D eigenvalue weighted by Crippen LogP contribution is -2.42. The molecule has 1 fully saturated rings. The SMILES string of the molecule is COCc1ccc(C(=O)N2CCC[C@H](C(=O)OC)C2)cc1. The Morgan fingerprint density at radius 3 is 2.57 bits per heavy atom. The van der Waals surface area contributed by atoms with Crippen molar-refractivity contribution < 1.29 is 19.1 Å². The molecule has 0 spiro atoms. The van der Waals surface area contributed by atoms with Crippen LogP contribution in [0.4, 0.5) is 0 Å². The molecule has 1 amide bonds. The minimum atomic E-state index is -0.233. The van der Waals surface area contributed by atoms with Crippen molar-refractivity contribution in [1.29, 1.82) is 0 Å². The van der Waals surface area contributed by atoms with Gasteiger partial charge in [-0.25, -0.2) is 0 Å². The average Bonchev–Trinajstić information content (AvgIpc) is 2.54. The fourth-order valence-corrected chi connectivity index (χ4v) is 2.61. The Labute approximate surface area is 124 Å². The summed E-state index contributed by atoms with van der Waals surface area (Å²) in [6.07, 6.45) is 1.61. The van der Waals surface area contributed by atoms with Crippen molar-refractivity contribution in [3.8, 4) is 0 Å². The standard InChI is InChI=1S/C16H21NO4/c1-20-11-12-5-7-13(8-6-12)15(18)17-9-3-4-14(10-17)16(19)21-2/h5-8,14H,3-4,9-11H2,1-2H3/t14-/m0/s1. The zero-order valence-electron chi connectivity index (χ0n) is 12.5. The molecule has 0 radical (unpaired) electrons. The number of methoxy groups -OCH3 is 2. The van der Waals surface area contributed by atoms with Crippen LogP contribution in [0.15, 0.2) is 24.3 Å². The third kappa shape index (κ3) is 3.82. The predicted octanol–water partition coefficient (Wildman–Crippen LogP) is 1.86. The van der Waals surface area contributed by atoms with Crippen LogP contribution in [-0.2, 0) is 20.9 Å². The van der Waals surface area contributed by atoms with Crippen LogP contribution >= 0.6 is 0 Å². The summed E-state index contributed by atoms with van der Waals surface area (Å²) in [5, 5.41) is 0. The van der Waals surface area contributed by atoms with Crippen LogP contribution in [-0.4, -0.2) is 44.1 Å². The molecule has 1 heterocycles. The summed E-state index contributed by atoms with van der Waals surface area (Å²) < 4.78 is 9.83. The van der Waals surface area contributed by atoms with Crippen molar-refractivity contribution >= 4 is 11.9 Å². The molecule has 21 heavy (non-hydrogen) atoms. The lowest BCUT2D eigenvalue weighted by molar-refractivity contribution is -0.146. The monoisotopic (exact) mass is 291 g/mol. The van der Waals surface area contributed by atoms with Gasteiger partial charge in [0.2, 0.25) is 0 Å². The second-order valence-electron chi connectivity index (χ2n) is 5.24. The maximum atomic E-state index is 12.5. The first kappa shape index (κ1) is 15.5. The van der Waals surface area contributed by atoms with Crippen molar-refractivity contribution in [1.82, 2.24) is 4.90 Å². The van der Waals surface area contributed by atoms with Crippen LogP contribution in [0.25, 0.3) is 0 Å². The second-order valence-corrected chi connectivity index (χ2v) is 5.24. The van der Waals surface area contributed by atoms with Gasteiger partial charge in [0.15, 0.2) is 0 Å². The third-order valence-electron chi connectivity index (χ3n) is 3.76. The van der Waals surface area contributed by atoms with E-state index in [0.29, 0.717) is 25.3 Å². The Hall–Kier alpha value is -1.88. The Morgan fingerprint density at radius 1 is 1.24 bits per heavy atom. The van der Waals surface area contributed by atoms with Crippen LogP contribution in [0.2, 0.25) is 0 Å². The van der Waals surface area contributed by atoms with E-state index in [1.807, 2.05) is 12.1 Å². The first-order chi connectivity index (χ1) is 10.2. The molecule has 1 aliphatic heterocycles. The van der Waals surface area contributed by atoms with Gasteiger partial charge in [-0.05, 0) is 30.5 Å². The minimum Gasteiger partial charge on any atom is -0.469 e. The van der Waals surface area contributed by atoms with E-state index in [0.717, 1.165) is 18.4 Å². The van der Waals surface area contributed by atoms with Crippen LogP contribution < -0.4 is 0 Å². The molecular weight excluding hydrogens is 270 g/mol. The Balaban J connectivity index is 2.03. The molecule has 1 aliphatic rings. The third-order valence-corrected chi connectivity index (χ3v) is 3.76. The molecule has 1 saturated heterocycles. The van der Waals surface area contributed by atoms with Gasteiger partial charge in [0.1, 0.15) is 0 Å². The van der Waals surface area contributed by atoms with Gasteiger partial charge in [-0.2, -0.15) is 0 Å². The van der Waals surface area contributed by atoms with Crippen LogP contribution in [0.5, 0.6) is 0 Å². The van der Waals surface area contributed by atoms with Gasteiger partial charge in [0, 0.05) is 25.8 Å². The summed E-state index contributed by atoms with van der Waals surface area (Å²) in [6.45, 7) is 1.65. The summed E-state index contributed by atoms with van der Waals surface area (Å²) in [5.74, 6) is -0.476. The maximum Gasteiger partial charge on any atom is 0.310 e. The normalized spacial score (nSPS) is 18.4. The molecule has 1 aromatic rings. The zero-order chi connectivity index (χ0) is 15.2. The van der Waals surface area contributed by atoms with E-state index >= 15 is 0 Å². The number of hydrogen-bond donors (Lipinski definition) is 0. The summed E-state index contributed by atoms with van der Waals surface area (Å²) in [4.78, 5) is 25.8. The largest absolute Gasteiger partial charge is 0.469 e. The molecule has 0 N–H and O–H groups in total. The molecular formula is C16H21NO4. The molecule has 0 aliphatic carbocycles. The molecule has 0 aromatic heterocycles. The highest BCUT2D eigenvalue weighted by molar-refractivity contribution is 5.94. The van der Waals surface area contributed by atoms with Gasteiger partial charge in [0.25, 0.3) is 5.91 Å². The predicted molar refractivity (Wildman–Crippen MR) is 77.8 cm³/mol. The number of piperidine rings is 1.